The number of phenols is 1. The van der Waals surface area contributed by atoms with Crippen molar-refractivity contribution in [3.8, 4) is 23.0 Å². The van der Waals surface area contributed by atoms with Crippen molar-refractivity contribution in [2.75, 3.05) is 12.4 Å². The number of ether oxygens (including phenoxy) is 2. The number of amides is 1. The van der Waals surface area contributed by atoms with Gasteiger partial charge in [-0.25, -0.2) is 0 Å². The Labute approximate surface area is 175 Å². The largest absolute Gasteiger partial charge is 0.508 e. The zero-order chi connectivity index (χ0) is 21.5. The summed E-state index contributed by atoms with van der Waals surface area (Å²) in [4.78, 5) is 12.1. The van der Waals surface area contributed by atoms with Crippen LogP contribution in [0, 0.1) is 0 Å². The fourth-order valence-corrected chi connectivity index (χ4v) is 3.73. The molecule has 2 aromatic carbocycles. The molecule has 1 aliphatic heterocycles. The monoisotopic (exact) mass is 407 g/mol. The molecule has 4 rings (SSSR count). The number of anilines is 1. The highest BCUT2D eigenvalue weighted by Gasteiger charge is 2.29. The predicted molar refractivity (Wildman–Crippen MR) is 114 cm³/mol. The lowest BCUT2D eigenvalue weighted by Gasteiger charge is -2.23. The number of nitrogens with one attached hydrogen (secondary N) is 2. The summed E-state index contributed by atoms with van der Waals surface area (Å²) >= 11 is 0. The van der Waals surface area contributed by atoms with E-state index in [2.05, 4.69) is 15.5 Å². The summed E-state index contributed by atoms with van der Waals surface area (Å²) in [5.41, 5.74) is 2.47. The van der Waals surface area contributed by atoms with Gasteiger partial charge in [-0.05, 0) is 41.3 Å². The third-order valence-electron chi connectivity index (χ3n) is 5.29. The normalized spacial score (nSPS) is 16.0. The van der Waals surface area contributed by atoms with Gasteiger partial charge in [0, 0.05) is 29.7 Å². The lowest BCUT2D eigenvalue weighted by Crippen LogP contribution is -2.22. The molecule has 0 bridgehead atoms. The molecular formula is C23H25N3O4. The molecule has 2 heterocycles. The smallest absolute Gasteiger partial charge is 0.226 e. The van der Waals surface area contributed by atoms with Crippen molar-refractivity contribution in [1.82, 2.24) is 10.2 Å². The molecule has 0 radical (unpaired) electrons. The van der Waals surface area contributed by atoms with E-state index < -0.39 is 0 Å². The topological polar surface area (TPSA) is 96.5 Å². The molecule has 7 nitrogen and oxygen atoms in total. The van der Waals surface area contributed by atoms with E-state index >= 15 is 0 Å². The van der Waals surface area contributed by atoms with Crippen LogP contribution in [0.25, 0.3) is 0 Å². The molecule has 0 saturated heterocycles. The lowest BCUT2D eigenvalue weighted by atomic mass is 9.86. The molecule has 156 valence electrons. The van der Waals surface area contributed by atoms with E-state index in [9.17, 15) is 9.90 Å². The van der Waals surface area contributed by atoms with Gasteiger partial charge in [-0.15, -0.1) is 0 Å². The van der Waals surface area contributed by atoms with Crippen LogP contribution in [0.4, 0.5) is 5.82 Å². The maximum atomic E-state index is 12.1. The Balaban J connectivity index is 1.66. The van der Waals surface area contributed by atoms with Gasteiger partial charge in [0.25, 0.3) is 0 Å². The number of carbonyl (C=O) groups excluding carboxylic acids is 1. The molecule has 0 spiro atoms. The second-order valence-corrected chi connectivity index (χ2v) is 8.44. The van der Waals surface area contributed by atoms with Crippen LogP contribution in [0.2, 0.25) is 0 Å². The van der Waals surface area contributed by atoms with Crippen LogP contribution >= 0.6 is 0 Å². The molecule has 0 fully saturated rings. The van der Waals surface area contributed by atoms with E-state index in [-0.39, 0.29) is 23.0 Å². The minimum absolute atomic E-state index is 0.0716. The second kappa shape index (κ2) is 7.40. The molecule has 1 aromatic heterocycles. The summed E-state index contributed by atoms with van der Waals surface area (Å²) in [6.07, 6.45) is 2.14. The first-order chi connectivity index (χ1) is 14.3. The summed E-state index contributed by atoms with van der Waals surface area (Å²) in [5, 5.41) is 19.9. The Hall–Kier alpha value is -3.48. The van der Waals surface area contributed by atoms with Gasteiger partial charge in [-0.2, -0.15) is 5.10 Å². The SMILES string of the molecule is COc1cc(C2CC(=O)Nc3n[nH]cc32)ccc1Oc1ccc(O)c(C(C)(C)C)c1. The fourth-order valence-electron chi connectivity index (χ4n) is 3.73. The number of nitrogens with zero attached hydrogens (tertiary/aromatic N) is 1. The summed E-state index contributed by atoms with van der Waals surface area (Å²) < 4.78 is 11.6. The molecule has 1 atom stereocenters. The molecule has 3 aromatic rings. The molecule has 1 aliphatic rings. The number of aromatic nitrogens is 2. The van der Waals surface area contributed by atoms with Crippen molar-refractivity contribution in [2.45, 2.75) is 38.5 Å². The van der Waals surface area contributed by atoms with Crippen LogP contribution in [0.15, 0.2) is 42.6 Å². The minimum atomic E-state index is -0.221. The number of hydrogen-bond donors (Lipinski definition) is 3. The number of phenolic OH excluding ortho intramolecular Hbond substituents is 1. The number of hydrogen-bond acceptors (Lipinski definition) is 5. The summed E-state index contributed by atoms with van der Waals surface area (Å²) in [6.45, 7) is 6.10. The number of rotatable bonds is 4. The van der Waals surface area contributed by atoms with Crippen molar-refractivity contribution in [3.05, 3.63) is 59.3 Å². The number of H-pyrrole nitrogens is 1. The van der Waals surface area contributed by atoms with Gasteiger partial charge in [0.1, 0.15) is 11.5 Å². The summed E-state index contributed by atoms with van der Waals surface area (Å²) in [5.74, 6) is 2.35. The maximum Gasteiger partial charge on any atom is 0.226 e. The zero-order valence-electron chi connectivity index (χ0n) is 17.4. The number of aromatic hydroxyl groups is 1. The van der Waals surface area contributed by atoms with E-state index in [1.54, 1.807) is 25.4 Å². The highest BCUT2D eigenvalue weighted by atomic mass is 16.5. The first-order valence-corrected chi connectivity index (χ1v) is 9.79. The van der Waals surface area contributed by atoms with Gasteiger partial charge in [0.2, 0.25) is 5.91 Å². The average molecular weight is 407 g/mol. The Kier molecular flexibility index (Phi) is 4.89. The van der Waals surface area contributed by atoms with Gasteiger partial charge >= 0.3 is 0 Å². The lowest BCUT2D eigenvalue weighted by molar-refractivity contribution is -0.116. The van der Waals surface area contributed by atoms with E-state index in [0.717, 1.165) is 16.7 Å². The molecule has 0 aliphatic carbocycles. The quantitative estimate of drug-likeness (QED) is 0.583. The summed E-state index contributed by atoms with van der Waals surface area (Å²) in [7, 11) is 1.58. The van der Waals surface area contributed by atoms with Crippen molar-refractivity contribution in [2.24, 2.45) is 0 Å². The first kappa shape index (κ1) is 19.8. The van der Waals surface area contributed by atoms with E-state index in [4.69, 9.17) is 9.47 Å². The van der Waals surface area contributed by atoms with Crippen molar-refractivity contribution in [3.63, 3.8) is 0 Å². The van der Waals surface area contributed by atoms with E-state index in [1.807, 2.05) is 45.0 Å². The standard InChI is InChI=1S/C23H25N3O4/c1-23(2,3)17-10-14(6-7-18(17)27)30-19-8-5-13(9-20(19)29-4)15-11-21(28)25-22-16(15)12-24-26-22/h5-10,12,15,27H,11H2,1-4H3,(H2,24,25,26,28). The van der Waals surface area contributed by atoms with Crippen molar-refractivity contribution < 1.29 is 19.4 Å². The van der Waals surface area contributed by atoms with Gasteiger partial charge in [0.15, 0.2) is 17.3 Å². The highest BCUT2D eigenvalue weighted by Crippen LogP contribution is 2.41. The van der Waals surface area contributed by atoms with Crippen LogP contribution in [-0.4, -0.2) is 28.3 Å². The van der Waals surface area contributed by atoms with Gasteiger partial charge < -0.3 is 19.9 Å². The number of carbonyl (C=O) groups is 1. The number of methoxy groups -OCH3 is 1. The predicted octanol–water partition coefficient (Wildman–Crippen LogP) is 4.69. The number of benzene rings is 2. The molecule has 0 saturated carbocycles. The van der Waals surface area contributed by atoms with Crippen LogP contribution in [0.3, 0.4) is 0 Å². The maximum absolute atomic E-state index is 12.1. The molecule has 3 N–H and O–H groups in total. The number of aromatic amines is 1. The zero-order valence-corrected chi connectivity index (χ0v) is 17.4. The molecule has 7 heteroatoms. The summed E-state index contributed by atoms with van der Waals surface area (Å²) in [6, 6.07) is 10.9. The van der Waals surface area contributed by atoms with Crippen LogP contribution in [0.1, 0.15) is 49.8 Å². The van der Waals surface area contributed by atoms with Crippen LogP contribution in [-0.2, 0) is 10.2 Å². The Morgan fingerprint density at radius 3 is 2.67 bits per heavy atom. The molecule has 30 heavy (non-hydrogen) atoms. The van der Waals surface area contributed by atoms with Crippen LogP contribution in [0.5, 0.6) is 23.0 Å². The highest BCUT2D eigenvalue weighted by molar-refractivity contribution is 5.94. The van der Waals surface area contributed by atoms with Gasteiger partial charge in [-0.3, -0.25) is 9.89 Å². The van der Waals surface area contributed by atoms with Crippen molar-refractivity contribution in [1.29, 1.82) is 0 Å². The van der Waals surface area contributed by atoms with Gasteiger partial charge in [-0.1, -0.05) is 26.8 Å². The van der Waals surface area contributed by atoms with E-state index in [0.29, 0.717) is 29.5 Å². The third kappa shape index (κ3) is 3.70. The van der Waals surface area contributed by atoms with E-state index in [1.165, 1.54) is 0 Å². The first-order valence-electron chi connectivity index (χ1n) is 9.79. The van der Waals surface area contributed by atoms with Crippen LogP contribution < -0.4 is 14.8 Å². The molecule has 1 unspecified atom stereocenters. The molecular weight excluding hydrogens is 382 g/mol. The average Bonchev–Trinajstić information content (AvgIpc) is 3.16. The van der Waals surface area contributed by atoms with Gasteiger partial charge in [0.05, 0.1) is 7.11 Å². The minimum Gasteiger partial charge on any atom is -0.508 e. The fraction of sp³-hybridized carbons (Fsp3) is 0.304. The Morgan fingerprint density at radius 1 is 1.13 bits per heavy atom. The second-order valence-electron chi connectivity index (χ2n) is 8.44. The number of fused-ring (bicyclic) bond motifs is 1. The Bertz CT molecular complexity index is 1100. The third-order valence-corrected chi connectivity index (χ3v) is 5.29. The van der Waals surface area contributed by atoms with Crippen molar-refractivity contribution >= 4 is 11.7 Å². The Morgan fingerprint density at radius 2 is 1.93 bits per heavy atom. The molecule has 1 amide bonds.